The molecule has 1 N–H and O–H groups in total. The van der Waals surface area contributed by atoms with E-state index in [4.69, 9.17) is 16.7 Å². The van der Waals surface area contributed by atoms with Crippen molar-refractivity contribution < 1.29 is 9.90 Å². The molecule has 1 saturated carbocycles. The van der Waals surface area contributed by atoms with E-state index in [0.717, 1.165) is 25.4 Å². The Morgan fingerprint density at radius 3 is 2.93 bits per heavy atom. The second-order valence-corrected chi connectivity index (χ2v) is 5.43. The minimum absolute atomic E-state index is 0.202. The molecule has 1 saturated heterocycles. The van der Waals surface area contributed by atoms with Crippen LogP contribution in [0, 0.1) is 11.3 Å². The van der Waals surface area contributed by atoms with Gasteiger partial charge in [-0.15, -0.1) is 11.6 Å². The van der Waals surface area contributed by atoms with Gasteiger partial charge in [-0.25, -0.2) is 0 Å². The molecule has 1 spiro atoms. The van der Waals surface area contributed by atoms with Gasteiger partial charge in [0.1, 0.15) is 0 Å². The predicted octanol–water partition coefficient (Wildman–Crippen LogP) is 1.80. The number of carboxylic acids is 1. The number of hydrogen-bond donors (Lipinski definition) is 1. The summed E-state index contributed by atoms with van der Waals surface area (Å²) in [5.41, 5.74) is 0.398. The molecule has 2 aliphatic rings. The van der Waals surface area contributed by atoms with Crippen molar-refractivity contribution in [1.82, 2.24) is 4.90 Å². The van der Waals surface area contributed by atoms with Gasteiger partial charge in [0.2, 0.25) is 0 Å². The summed E-state index contributed by atoms with van der Waals surface area (Å²) in [5, 5.41) is 8.74. The maximum Gasteiger partial charge on any atom is 0.317 e. The summed E-state index contributed by atoms with van der Waals surface area (Å²) in [6, 6.07) is 0. The van der Waals surface area contributed by atoms with E-state index in [1.54, 1.807) is 0 Å². The Bertz CT molecular complexity index is 259. The van der Waals surface area contributed by atoms with Crippen LogP contribution < -0.4 is 0 Å². The normalized spacial score (nSPS) is 36.5. The summed E-state index contributed by atoms with van der Waals surface area (Å²) in [6.07, 6.45) is 4.82. The van der Waals surface area contributed by atoms with E-state index in [1.807, 2.05) is 0 Å². The van der Waals surface area contributed by atoms with Gasteiger partial charge in [-0.05, 0) is 43.6 Å². The van der Waals surface area contributed by atoms with Crippen molar-refractivity contribution in [3.63, 3.8) is 0 Å². The monoisotopic (exact) mass is 231 g/mol. The van der Waals surface area contributed by atoms with Crippen LogP contribution in [0.15, 0.2) is 0 Å². The fourth-order valence-electron chi connectivity index (χ4n) is 3.18. The quantitative estimate of drug-likeness (QED) is 0.754. The van der Waals surface area contributed by atoms with E-state index >= 15 is 0 Å². The summed E-state index contributed by atoms with van der Waals surface area (Å²) >= 11 is 5.88. The zero-order valence-electron chi connectivity index (χ0n) is 8.91. The van der Waals surface area contributed by atoms with Gasteiger partial charge >= 0.3 is 5.97 Å². The van der Waals surface area contributed by atoms with E-state index in [0.29, 0.717) is 11.3 Å². The molecular formula is C11H18ClNO2. The number of carboxylic acid groups (broad SMARTS) is 1. The van der Waals surface area contributed by atoms with Gasteiger partial charge in [0.25, 0.3) is 0 Å². The van der Waals surface area contributed by atoms with Gasteiger partial charge in [-0.2, -0.15) is 0 Å². The first kappa shape index (κ1) is 11.2. The Morgan fingerprint density at radius 1 is 1.53 bits per heavy atom. The number of alkyl halides is 1. The molecule has 0 unspecified atom stereocenters. The minimum atomic E-state index is -0.709. The molecule has 1 aliphatic carbocycles. The van der Waals surface area contributed by atoms with Crippen molar-refractivity contribution in [2.45, 2.75) is 25.7 Å². The molecule has 86 valence electrons. The molecule has 0 radical (unpaired) electrons. The molecule has 0 bridgehead atoms. The van der Waals surface area contributed by atoms with E-state index in [1.165, 1.54) is 19.3 Å². The molecule has 0 aromatic rings. The van der Waals surface area contributed by atoms with Crippen LogP contribution in [0.1, 0.15) is 25.7 Å². The average molecular weight is 232 g/mol. The molecule has 2 fully saturated rings. The summed E-state index contributed by atoms with van der Waals surface area (Å²) in [6.45, 7) is 2.11. The van der Waals surface area contributed by atoms with Crippen molar-refractivity contribution in [2.75, 3.05) is 25.5 Å². The molecule has 1 aliphatic heterocycles. The molecular weight excluding hydrogens is 214 g/mol. The Kier molecular flexibility index (Phi) is 3.21. The van der Waals surface area contributed by atoms with Crippen LogP contribution in [-0.2, 0) is 4.79 Å². The van der Waals surface area contributed by atoms with Crippen molar-refractivity contribution in [2.24, 2.45) is 11.3 Å². The predicted molar refractivity (Wildman–Crippen MR) is 59.2 cm³/mol. The maximum atomic E-state index is 10.6. The summed E-state index contributed by atoms with van der Waals surface area (Å²) in [4.78, 5) is 12.7. The standard InChI is InChI=1S/C11H18ClNO2/c12-6-9-1-2-11(5-9)3-4-13(8-11)7-10(14)15/h9H,1-8H2,(H,14,15)/t9-,11+/m1/s1. The molecule has 15 heavy (non-hydrogen) atoms. The summed E-state index contributed by atoms with van der Waals surface area (Å²) in [5.74, 6) is 0.719. The Labute approximate surface area is 95.4 Å². The minimum Gasteiger partial charge on any atom is -0.480 e. The third kappa shape index (κ3) is 2.45. The van der Waals surface area contributed by atoms with Gasteiger partial charge in [0, 0.05) is 12.4 Å². The van der Waals surface area contributed by atoms with E-state index in [2.05, 4.69) is 4.90 Å². The lowest BCUT2D eigenvalue weighted by atomic mass is 9.85. The molecule has 0 amide bonds. The zero-order chi connectivity index (χ0) is 10.9. The van der Waals surface area contributed by atoms with Gasteiger partial charge in [-0.1, -0.05) is 0 Å². The second kappa shape index (κ2) is 4.30. The van der Waals surface area contributed by atoms with Crippen molar-refractivity contribution in [3.05, 3.63) is 0 Å². The smallest absolute Gasteiger partial charge is 0.317 e. The highest BCUT2D eigenvalue weighted by atomic mass is 35.5. The number of aliphatic carboxylic acids is 1. The second-order valence-electron chi connectivity index (χ2n) is 5.12. The first-order valence-corrected chi connectivity index (χ1v) is 6.17. The lowest BCUT2D eigenvalue weighted by molar-refractivity contribution is -0.138. The number of likely N-dealkylation sites (tertiary alicyclic amines) is 1. The van der Waals surface area contributed by atoms with Crippen LogP contribution >= 0.6 is 11.6 Å². The summed E-state index contributed by atoms with van der Waals surface area (Å²) < 4.78 is 0. The highest BCUT2D eigenvalue weighted by Crippen LogP contribution is 2.48. The summed E-state index contributed by atoms with van der Waals surface area (Å²) in [7, 11) is 0. The van der Waals surface area contributed by atoms with Gasteiger partial charge in [0.15, 0.2) is 0 Å². The maximum absolute atomic E-state index is 10.6. The highest BCUT2D eigenvalue weighted by molar-refractivity contribution is 6.18. The van der Waals surface area contributed by atoms with Crippen LogP contribution in [0.25, 0.3) is 0 Å². The number of nitrogens with zero attached hydrogens (tertiary/aromatic N) is 1. The number of hydrogen-bond acceptors (Lipinski definition) is 2. The lowest BCUT2D eigenvalue weighted by Gasteiger charge is -2.23. The molecule has 3 nitrogen and oxygen atoms in total. The zero-order valence-corrected chi connectivity index (χ0v) is 9.67. The topological polar surface area (TPSA) is 40.5 Å². The van der Waals surface area contributed by atoms with Crippen molar-refractivity contribution in [1.29, 1.82) is 0 Å². The van der Waals surface area contributed by atoms with Crippen LogP contribution in [0.2, 0.25) is 0 Å². The third-order valence-electron chi connectivity index (χ3n) is 3.90. The molecule has 2 atom stereocenters. The Hall–Kier alpha value is -0.280. The van der Waals surface area contributed by atoms with Crippen molar-refractivity contribution in [3.8, 4) is 0 Å². The first-order chi connectivity index (χ1) is 7.13. The first-order valence-electron chi connectivity index (χ1n) is 5.64. The van der Waals surface area contributed by atoms with Crippen LogP contribution in [0.5, 0.6) is 0 Å². The van der Waals surface area contributed by atoms with Gasteiger partial charge < -0.3 is 5.11 Å². The SMILES string of the molecule is O=C(O)CN1CC[C@]2(CC[C@@H](CCl)C2)C1. The molecule has 0 aromatic carbocycles. The fraction of sp³-hybridized carbons (Fsp3) is 0.909. The third-order valence-corrected chi connectivity index (χ3v) is 4.34. The molecule has 1 heterocycles. The molecule has 2 rings (SSSR count). The highest BCUT2D eigenvalue weighted by Gasteiger charge is 2.43. The molecule has 0 aromatic heterocycles. The van der Waals surface area contributed by atoms with Crippen LogP contribution in [0.3, 0.4) is 0 Å². The van der Waals surface area contributed by atoms with E-state index in [-0.39, 0.29) is 6.54 Å². The van der Waals surface area contributed by atoms with Gasteiger partial charge in [0.05, 0.1) is 6.54 Å². The fourth-order valence-corrected chi connectivity index (χ4v) is 3.45. The Balaban J connectivity index is 1.89. The Morgan fingerprint density at radius 2 is 2.33 bits per heavy atom. The lowest BCUT2D eigenvalue weighted by Crippen LogP contribution is -2.30. The van der Waals surface area contributed by atoms with E-state index < -0.39 is 5.97 Å². The number of halogens is 1. The average Bonchev–Trinajstić information content (AvgIpc) is 2.74. The molecule has 4 heteroatoms. The van der Waals surface area contributed by atoms with Gasteiger partial charge in [-0.3, -0.25) is 9.69 Å². The van der Waals surface area contributed by atoms with Crippen LogP contribution in [0.4, 0.5) is 0 Å². The largest absolute Gasteiger partial charge is 0.480 e. The van der Waals surface area contributed by atoms with Crippen molar-refractivity contribution >= 4 is 17.6 Å². The number of carbonyl (C=O) groups is 1. The van der Waals surface area contributed by atoms with E-state index in [9.17, 15) is 4.79 Å². The van der Waals surface area contributed by atoms with Crippen LogP contribution in [-0.4, -0.2) is 41.5 Å². The number of rotatable bonds is 3.